The van der Waals surface area contributed by atoms with Crippen molar-refractivity contribution in [2.45, 2.75) is 70.2 Å². The van der Waals surface area contributed by atoms with Crippen molar-refractivity contribution in [3.05, 3.63) is 77.1 Å². The molecule has 4 aliphatic carbocycles. The molecule has 10 heteroatoms. The Morgan fingerprint density at radius 2 is 2.02 bits per heavy atom. The maximum absolute atomic E-state index is 16.3. The quantitative estimate of drug-likeness (QED) is 0.374. The first-order valence-electron chi connectivity index (χ1n) is 15.9. The minimum Gasteiger partial charge on any atom is -0.493 e. The topological polar surface area (TPSA) is 138 Å². The van der Waals surface area contributed by atoms with Crippen LogP contribution in [0.25, 0.3) is 0 Å². The number of hydrogen-bond acceptors (Lipinski definition) is 9. The SMILES string of the molecule is COc1ccc([C@@H]2O[C@@H]3C[C@H]4[C@@H]5CCC6=CC(=O)C=C[C@]6(C)[C@H]5[C@@H](O)C[C@]4(C)[C@]3(C(=O)CO)O2)c(F)c1OCc1cccc(N)c1. The number of anilines is 1. The number of rotatable bonds is 7. The van der Waals surface area contributed by atoms with Crippen LogP contribution in [0, 0.1) is 34.4 Å². The van der Waals surface area contributed by atoms with Crippen LogP contribution in [0.2, 0.25) is 0 Å². The highest BCUT2D eigenvalue weighted by Gasteiger charge is 2.76. The van der Waals surface area contributed by atoms with Crippen molar-refractivity contribution < 1.29 is 43.1 Å². The van der Waals surface area contributed by atoms with Crippen LogP contribution in [0.5, 0.6) is 11.5 Å². The molecular formula is C36H40FNO8. The van der Waals surface area contributed by atoms with Gasteiger partial charge in [0.1, 0.15) is 13.2 Å². The Balaban J connectivity index is 1.22. The van der Waals surface area contributed by atoms with Gasteiger partial charge in [0.05, 0.1) is 19.3 Å². The molecule has 9 nitrogen and oxygen atoms in total. The zero-order chi connectivity index (χ0) is 32.6. The van der Waals surface area contributed by atoms with Gasteiger partial charge >= 0.3 is 0 Å². The molecule has 9 atom stereocenters. The normalized spacial score (nSPS) is 37.5. The third-order valence-corrected chi connectivity index (χ3v) is 11.7. The molecule has 1 heterocycles. The number of ether oxygens (including phenoxy) is 4. The average molecular weight is 634 g/mol. The second kappa shape index (κ2) is 11.0. The lowest BCUT2D eigenvalue weighted by Gasteiger charge is -2.59. The zero-order valence-electron chi connectivity index (χ0n) is 26.2. The van der Waals surface area contributed by atoms with Gasteiger partial charge in [0.2, 0.25) is 0 Å². The number of hydrogen-bond donors (Lipinski definition) is 3. The number of aliphatic hydroxyl groups is 2. The lowest BCUT2D eigenvalue weighted by molar-refractivity contribution is -0.201. The van der Waals surface area contributed by atoms with Crippen molar-refractivity contribution >= 4 is 17.3 Å². The lowest BCUT2D eigenvalue weighted by atomic mass is 9.46. The monoisotopic (exact) mass is 633 g/mol. The van der Waals surface area contributed by atoms with Crippen LogP contribution in [-0.2, 0) is 25.7 Å². The Labute approximate surface area is 267 Å². The third-order valence-electron chi connectivity index (χ3n) is 11.7. The van der Waals surface area contributed by atoms with Gasteiger partial charge in [-0.3, -0.25) is 9.59 Å². The molecule has 1 saturated heterocycles. The van der Waals surface area contributed by atoms with Gasteiger partial charge in [0.25, 0.3) is 0 Å². The summed E-state index contributed by atoms with van der Waals surface area (Å²) in [6.45, 7) is 3.27. The molecule has 0 radical (unpaired) electrons. The van der Waals surface area contributed by atoms with E-state index in [2.05, 4.69) is 6.92 Å². The van der Waals surface area contributed by atoms with Gasteiger partial charge in [0.15, 0.2) is 40.8 Å². The number of halogens is 1. The molecule has 244 valence electrons. The molecule has 4 N–H and O–H groups in total. The minimum absolute atomic E-state index is 0.0121. The highest BCUT2D eigenvalue weighted by atomic mass is 19.1. The van der Waals surface area contributed by atoms with Gasteiger partial charge in [0, 0.05) is 28.0 Å². The highest BCUT2D eigenvalue weighted by Crippen LogP contribution is 2.70. The van der Waals surface area contributed by atoms with Crippen LogP contribution in [0.3, 0.4) is 0 Å². The molecule has 0 unspecified atom stereocenters. The summed E-state index contributed by atoms with van der Waals surface area (Å²) in [5.41, 5.74) is 5.25. The standard InChI is InChI=1S/C36H40FNO8/c1-34-12-11-22(40)14-20(34)7-8-23-25-15-29-36(28(42)17-39,35(25,2)16-26(41)30(23)34)46-33(45-29)24-9-10-27(43-3)32(31(24)37)44-18-19-5-4-6-21(38)13-19/h4-6,9-14,23,25-26,29-30,33,39,41H,7-8,15-18,38H2,1-3H3/t23-,25-,26-,29+,30+,33+,34-,35-,36+/m0/s1. The van der Waals surface area contributed by atoms with Crippen LogP contribution < -0.4 is 15.2 Å². The van der Waals surface area contributed by atoms with E-state index in [0.29, 0.717) is 18.5 Å². The molecule has 2 aromatic carbocycles. The summed E-state index contributed by atoms with van der Waals surface area (Å²) in [4.78, 5) is 26.0. The van der Waals surface area contributed by atoms with Crippen molar-refractivity contribution in [3.8, 4) is 11.5 Å². The van der Waals surface area contributed by atoms with Gasteiger partial charge in [-0.05, 0) is 79.5 Å². The maximum Gasteiger partial charge on any atom is 0.197 e. The van der Waals surface area contributed by atoms with Crippen LogP contribution in [0.4, 0.5) is 10.1 Å². The molecule has 0 bridgehead atoms. The summed E-state index contributed by atoms with van der Waals surface area (Å²) < 4.78 is 40.6. The van der Waals surface area contributed by atoms with E-state index in [4.69, 9.17) is 24.7 Å². The van der Waals surface area contributed by atoms with E-state index in [1.54, 1.807) is 36.4 Å². The molecule has 1 aliphatic heterocycles. The summed E-state index contributed by atoms with van der Waals surface area (Å²) in [6.07, 6.45) is 4.48. The van der Waals surface area contributed by atoms with E-state index in [0.717, 1.165) is 17.6 Å². The van der Waals surface area contributed by atoms with E-state index >= 15 is 4.39 Å². The molecule has 46 heavy (non-hydrogen) atoms. The minimum atomic E-state index is -1.60. The first-order chi connectivity index (χ1) is 22.0. The van der Waals surface area contributed by atoms with Crippen molar-refractivity contribution in [1.29, 1.82) is 0 Å². The van der Waals surface area contributed by atoms with Gasteiger partial charge in [-0.2, -0.15) is 0 Å². The summed E-state index contributed by atoms with van der Waals surface area (Å²) in [7, 11) is 1.41. The number of nitrogens with two attached hydrogens (primary N) is 1. The van der Waals surface area contributed by atoms with Crippen LogP contribution in [0.1, 0.15) is 56.9 Å². The number of allylic oxidation sites excluding steroid dienone is 4. The number of nitrogen functional groups attached to an aromatic ring is 1. The summed E-state index contributed by atoms with van der Waals surface area (Å²) in [5, 5.41) is 22.1. The number of aliphatic hydroxyl groups excluding tert-OH is 2. The Kier molecular flexibility index (Phi) is 7.43. The number of Topliss-reactive ketones (excluding diaryl/α,β-unsaturated/α-hetero) is 1. The second-order valence-corrected chi connectivity index (χ2v) is 13.9. The molecular weight excluding hydrogens is 593 g/mol. The number of carbonyl (C=O) groups is 2. The molecule has 7 rings (SSSR count). The second-order valence-electron chi connectivity index (χ2n) is 13.9. The van der Waals surface area contributed by atoms with Gasteiger partial charge in [-0.25, -0.2) is 4.39 Å². The number of fused-ring (bicyclic) bond motifs is 7. The van der Waals surface area contributed by atoms with Crippen LogP contribution >= 0.6 is 0 Å². The average Bonchev–Trinajstić information content (AvgIpc) is 3.52. The number of carbonyl (C=O) groups excluding carboxylic acids is 2. The van der Waals surface area contributed by atoms with Crippen molar-refractivity contribution in [3.63, 3.8) is 0 Å². The molecule has 2 aromatic rings. The fraction of sp³-hybridized carbons (Fsp3) is 0.500. The molecule has 5 aliphatic rings. The van der Waals surface area contributed by atoms with Gasteiger partial charge < -0.3 is 34.9 Å². The van der Waals surface area contributed by atoms with E-state index < -0.39 is 53.1 Å². The van der Waals surface area contributed by atoms with Crippen molar-refractivity contribution in [1.82, 2.24) is 0 Å². The lowest BCUT2D eigenvalue weighted by Crippen LogP contribution is -2.63. The molecule has 0 spiro atoms. The highest BCUT2D eigenvalue weighted by molar-refractivity contribution is 6.01. The smallest absolute Gasteiger partial charge is 0.197 e. The summed E-state index contributed by atoms with van der Waals surface area (Å²) >= 11 is 0. The Hall–Kier alpha value is -3.57. The zero-order valence-corrected chi connectivity index (χ0v) is 26.2. The Morgan fingerprint density at radius 1 is 1.22 bits per heavy atom. The molecule has 0 aromatic heterocycles. The van der Waals surface area contributed by atoms with Gasteiger partial charge in [-0.1, -0.05) is 37.6 Å². The molecule has 3 saturated carbocycles. The Morgan fingerprint density at radius 3 is 2.76 bits per heavy atom. The predicted octanol–water partition coefficient (Wildman–Crippen LogP) is 4.60. The number of ketones is 2. The number of benzene rings is 2. The largest absolute Gasteiger partial charge is 0.493 e. The Bertz CT molecular complexity index is 1660. The number of methoxy groups -OCH3 is 1. The molecule has 0 amide bonds. The fourth-order valence-corrected chi connectivity index (χ4v) is 9.69. The predicted molar refractivity (Wildman–Crippen MR) is 165 cm³/mol. The van der Waals surface area contributed by atoms with Crippen molar-refractivity contribution in [2.24, 2.45) is 28.6 Å². The fourth-order valence-electron chi connectivity index (χ4n) is 9.69. The first-order valence-corrected chi connectivity index (χ1v) is 15.9. The third kappa shape index (κ3) is 4.33. The van der Waals surface area contributed by atoms with E-state index in [-0.39, 0.29) is 53.6 Å². The first kappa shape index (κ1) is 31.1. The van der Waals surface area contributed by atoms with E-state index in [1.807, 2.05) is 19.1 Å². The van der Waals surface area contributed by atoms with E-state index in [1.165, 1.54) is 13.2 Å². The maximum atomic E-state index is 16.3. The van der Waals surface area contributed by atoms with Crippen molar-refractivity contribution in [2.75, 3.05) is 19.5 Å². The van der Waals surface area contributed by atoms with Crippen LogP contribution in [-0.4, -0.2) is 53.3 Å². The van der Waals surface area contributed by atoms with E-state index in [9.17, 15) is 19.8 Å². The van der Waals surface area contributed by atoms with Crippen LogP contribution in [0.15, 0.2) is 60.2 Å². The molecule has 4 fully saturated rings. The summed E-state index contributed by atoms with van der Waals surface area (Å²) in [5.74, 6) is -1.52. The van der Waals surface area contributed by atoms with Gasteiger partial charge in [-0.15, -0.1) is 0 Å². The summed E-state index contributed by atoms with van der Waals surface area (Å²) in [6, 6.07) is 10.1.